The number of aliphatic hydroxyl groups excluding tert-OH is 8. The fourth-order valence-corrected chi connectivity index (χ4v) is 5.25. The van der Waals surface area contributed by atoms with Crippen molar-refractivity contribution in [1.82, 2.24) is 5.32 Å². The van der Waals surface area contributed by atoms with Crippen molar-refractivity contribution < 1.29 is 64.5 Å². The average molecular weight is 528 g/mol. The molecule has 3 saturated heterocycles. The summed E-state index contributed by atoms with van der Waals surface area (Å²) in [6, 6.07) is -2.46. The Morgan fingerprint density at radius 3 is 2.22 bits per heavy atom. The van der Waals surface area contributed by atoms with Crippen LogP contribution in [0, 0.1) is 0 Å². The fourth-order valence-electron chi connectivity index (χ4n) is 5.25. The van der Waals surface area contributed by atoms with Crippen LogP contribution in [0.2, 0.25) is 0 Å². The Morgan fingerprint density at radius 2 is 1.61 bits per heavy atom. The van der Waals surface area contributed by atoms with E-state index in [0.29, 0.717) is 0 Å². The van der Waals surface area contributed by atoms with Gasteiger partial charge in [-0.25, -0.2) is 0 Å². The first-order valence-corrected chi connectivity index (χ1v) is 11.8. The quantitative estimate of drug-likeness (QED) is 0.153. The number of nitrogens with two attached hydrogens (primary N) is 2. The summed E-state index contributed by atoms with van der Waals surface area (Å²) in [6.07, 6.45) is -17.6. The lowest BCUT2D eigenvalue weighted by Gasteiger charge is -2.46. The molecule has 210 valence electrons. The van der Waals surface area contributed by atoms with Gasteiger partial charge in [0.05, 0.1) is 31.5 Å². The van der Waals surface area contributed by atoms with E-state index in [0.717, 1.165) is 0 Å². The van der Waals surface area contributed by atoms with Gasteiger partial charge in [-0.3, -0.25) is 0 Å². The van der Waals surface area contributed by atoms with Crippen LogP contribution < -0.4 is 16.8 Å². The minimum Gasteiger partial charge on any atom is -0.395 e. The summed E-state index contributed by atoms with van der Waals surface area (Å²) < 4.78 is 28.5. The van der Waals surface area contributed by atoms with Crippen LogP contribution in [0.4, 0.5) is 0 Å². The Morgan fingerprint density at radius 1 is 0.944 bits per heavy atom. The van der Waals surface area contributed by atoms with Crippen LogP contribution in [-0.2, 0) is 23.7 Å². The van der Waals surface area contributed by atoms with Gasteiger partial charge in [0.1, 0.15) is 48.8 Å². The minimum atomic E-state index is -2.44. The first kappa shape index (κ1) is 28.4. The second-order valence-electron chi connectivity index (χ2n) is 9.72. The molecule has 3 aliphatic heterocycles. The van der Waals surface area contributed by atoms with E-state index in [1.807, 2.05) is 0 Å². The number of hydrogen-bond donors (Lipinski definition) is 11. The summed E-state index contributed by atoms with van der Waals surface area (Å²) in [7, 11) is 1.60. The lowest BCUT2D eigenvalue weighted by molar-refractivity contribution is -0.437. The largest absolute Gasteiger partial charge is 0.395 e. The van der Waals surface area contributed by atoms with Gasteiger partial charge < -0.3 is 81.3 Å². The summed E-state index contributed by atoms with van der Waals surface area (Å²) in [5, 5.41) is 85.7. The molecule has 0 radical (unpaired) electrons. The predicted octanol–water partition coefficient (Wildman–Crippen LogP) is -7.27. The summed E-state index contributed by atoms with van der Waals surface area (Å²) in [6.45, 7) is -1.31. The van der Waals surface area contributed by atoms with E-state index in [1.165, 1.54) is 0 Å². The fraction of sp³-hybridized carbons (Fsp3) is 1.00. The third-order valence-corrected chi connectivity index (χ3v) is 7.41. The highest BCUT2D eigenvalue weighted by Crippen LogP contribution is 2.45. The smallest absolute Gasteiger partial charge is 0.314 e. The highest BCUT2D eigenvalue weighted by Gasteiger charge is 2.67. The first-order valence-electron chi connectivity index (χ1n) is 11.8. The molecular weight excluding hydrogens is 490 g/mol. The molecule has 16 heteroatoms. The Kier molecular flexibility index (Phi) is 8.55. The number of likely N-dealkylation sites (N-methyl/N-ethyl adjacent to an activating group) is 1. The topological polar surface area (TPSA) is 272 Å². The molecule has 0 amide bonds. The Balaban J connectivity index is 1.56. The van der Waals surface area contributed by atoms with E-state index >= 15 is 0 Å². The average Bonchev–Trinajstić information content (AvgIpc) is 3.26. The normalized spacial score (nSPS) is 54.4. The molecule has 1 spiro atoms. The van der Waals surface area contributed by atoms with Crippen LogP contribution in [0.25, 0.3) is 0 Å². The van der Waals surface area contributed by atoms with Gasteiger partial charge in [0, 0.05) is 12.1 Å². The summed E-state index contributed by atoms with van der Waals surface area (Å²) in [5.74, 6) is -2.44. The molecule has 3 heterocycles. The van der Waals surface area contributed by atoms with Crippen LogP contribution >= 0.6 is 0 Å². The number of nitrogens with one attached hydrogen (secondary N) is 1. The van der Waals surface area contributed by atoms with Crippen molar-refractivity contribution in [3.05, 3.63) is 0 Å². The predicted molar refractivity (Wildman–Crippen MR) is 115 cm³/mol. The Labute approximate surface area is 206 Å². The molecule has 0 aromatic heterocycles. The van der Waals surface area contributed by atoms with Gasteiger partial charge in [0.2, 0.25) is 0 Å². The van der Waals surface area contributed by atoms with Gasteiger partial charge in [0.25, 0.3) is 0 Å². The Bertz CT molecular complexity index is 756. The molecule has 16 atom stereocenters. The zero-order valence-corrected chi connectivity index (χ0v) is 19.6. The molecule has 16 nitrogen and oxygen atoms in total. The highest BCUT2D eigenvalue weighted by atomic mass is 16.9. The van der Waals surface area contributed by atoms with Gasteiger partial charge >= 0.3 is 5.97 Å². The lowest BCUT2D eigenvalue weighted by atomic mass is 9.84. The molecule has 1 saturated carbocycles. The van der Waals surface area contributed by atoms with Gasteiger partial charge in [-0.05, 0) is 13.5 Å². The number of fused-ring (bicyclic) bond motifs is 1. The molecule has 36 heavy (non-hydrogen) atoms. The number of rotatable bonds is 6. The van der Waals surface area contributed by atoms with Crippen LogP contribution in [0.5, 0.6) is 0 Å². The number of ether oxygens (including phenoxy) is 5. The molecular formula is C20H37N3O13. The Hall–Kier alpha value is -0.640. The standard InChI is InChI=1S/C20H37N3O13/c1-23-7-2-5(21)9(26)16(10(7)27)33-19-13(30)17-15(8(4-25)32-19)35-20(36-17)18(31)12(29)11(28)14(34-20)6(22)3-24/h5-19,23-31H,2-4,21-22H2,1H3. The van der Waals surface area contributed by atoms with Gasteiger partial charge in [-0.1, -0.05) is 0 Å². The molecule has 4 aliphatic rings. The molecule has 4 rings (SSSR count). The maximum Gasteiger partial charge on any atom is 0.314 e. The van der Waals surface area contributed by atoms with Crippen molar-refractivity contribution in [2.45, 2.75) is 104 Å². The second kappa shape index (κ2) is 10.9. The lowest BCUT2D eigenvalue weighted by Crippen LogP contribution is -2.68. The van der Waals surface area contributed by atoms with Crippen molar-refractivity contribution in [3.8, 4) is 0 Å². The van der Waals surface area contributed by atoms with Crippen molar-refractivity contribution >= 4 is 0 Å². The van der Waals surface area contributed by atoms with Gasteiger partial charge in [-0.2, -0.15) is 0 Å². The zero-order chi connectivity index (χ0) is 26.5. The van der Waals surface area contributed by atoms with E-state index in [2.05, 4.69) is 5.32 Å². The van der Waals surface area contributed by atoms with Crippen LogP contribution in [-0.4, -0.2) is 159 Å². The number of aliphatic hydroxyl groups is 8. The maximum absolute atomic E-state index is 11.0. The van der Waals surface area contributed by atoms with E-state index in [9.17, 15) is 40.9 Å². The van der Waals surface area contributed by atoms with Crippen LogP contribution in [0.15, 0.2) is 0 Å². The third-order valence-electron chi connectivity index (χ3n) is 7.41. The van der Waals surface area contributed by atoms with Crippen molar-refractivity contribution in [1.29, 1.82) is 0 Å². The minimum absolute atomic E-state index is 0.261. The summed E-state index contributed by atoms with van der Waals surface area (Å²) in [5.41, 5.74) is 11.7. The molecule has 0 aromatic rings. The van der Waals surface area contributed by atoms with Crippen molar-refractivity contribution in [3.63, 3.8) is 0 Å². The van der Waals surface area contributed by atoms with Gasteiger partial charge in [0.15, 0.2) is 12.4 Å². The summed E-state index contributed by atoms with van der Waals surface area (Å²) >= 11 is 0. The van der Waals surface area contributed by atoms with Gasteiger partial charge in [-0.15, -0.1) is 0 Å². The zero-order valence-electron chi connectivity index (χ0n) is 19.6. The van der Waals surface area contributed by atoms with Crippen molar-refractivity contribution in [2.24, 2.45) is 11.5 Å². The first-order chi connectivity index (χ1) is 17.0. The highest BCUT2D eigenvalue weighted by molar-refractivity contribution is 5.05. The number of hydrogen-bond acceptors (Lipinski definition) is 16. The van der Waals surface area contributed by atoms with E-state index in [4.69, 9.17) is 35.2 Å². The third kappa shape index (κ3) is 4.68. The van der Waals surface area contributed by atoms with E-state index in [-0.39, 0.29) is 6.42 Å². The van der Waals surface area contributed by atoms with E-state index < -0.39 is 111 Å². The van der Waals surface area contributed by atoms with Crippen molar-refractivity contribution in [2.75, 3.05) is 20.3 Å². The molecule has 4 fully saturated rings. The maximum atomic E-state index is 11.0. The molecule has 13 N–H and O–H groups in total. The monoisotopic (exact) mass is 527 g/mol. The van der Waals surface area contributed by atoms with E-state index in [1.54, 1.807) is 7.05 Å². The molecule has 0 aromatic carbocycles. The van der Waals surface area contributed by atoms with Crippen LogP contribution in [0.1, 0.15) is 6.42 Å². The summed E-state index contributed by atoms with van der Waals surface area (Å²) in [4.78, 5) is 0. The SMILES string of the molecule is CNC1CC(N)C(O)C(OC2OC(CO)C3OC4(OC(C(N)CO)C(O)C(O)C4O)OC3C2O)C1O. The molecule has 16 unspecified atom stereocenters. The molecule has 0 bridgehead atoms. The second-order valence-corrected chi connectivity index (χ2v) is 9.72. The molecule has 1 aliphatic carbocycles. The van der Waals surface area contributed by atoms with Crippen LogP contribution in [0.3, 0.4) is 0 Å².